The summed E-state index contributed by atoms with van der Waals surface area (Å²) in [6, 6.07) is 0. The fourth-order valence-electron chi connectivity index (χ4n) is 9.06. The number of nitrogens with two attached hydrogens (primary N) is 1. The second kappa shape index (κ2) is 39.7. The van der Waals surface area contributed by atoms with Crippen LogP contribution in [0, 0.1) is 58.2 Å². The molecule has 0 amide bonds. The van der Waals surface area contributed by atoms with Crippen molar-refractivity contribution in [1.82, 2.24) is 0 Å². The van der Waals surface area contributed by atoms with Gasteiger partial charge < -0.3 is 5.32 Å². The lowest BCUT2D eigenvalue weighted by atomic mass is 9.17. The number of hydrogen-bond acceptors (Lipinski definition) is 0. The third-order valence-electron chi connectivity index (χ3n) is 13.2. The topological polar surface area (TPSA) is 16.6 Å². The van der Waals surface area contributed by atoms with Crippen LogP contribution >= 0.6 is 0 Å². The molecule has 0 saturated heterocycles. The Kier molecular flexibility index (Phi) is 38.4. The molecule has 1 nitrogen and oxygen atoms in total. The van der Waals surface area contributed by atoms with Gasteiger partial charge in [0.2, 0.25) is 11.6 Å². The van der Waals surface area contributed by atoms with Crippen LogP contribution in [0.15, 0.2) is 0 Å². The van der Waals surface area contributed by atoms with Crippen LogP contribution in [0.3, 0.4) is 0 Å². The third kappa shape index (κ3) is 25.6. The Hall–Kier alpha value is -2.24. The summed E-state index contributed by atoms with van der Waals surface area (Å²) in [4.78, 5) is 0. The van der Waals surface area contributed by atoms with Crippen molar-refractivity contribution in [3.8, 4) is 11.1 Å². The van der Waals surface area contributed by atoms with E-state index < -0.39 is 69.3 Å². The number of unbranched alkanes of at least 4 members (excludes halogenated alkanes) is 25. The van der Waals surface area contributed by atoms with E-state index in [9.17, 15) is 43.9 Å². The summed E-state index contributed by atoms with van der Waals surface area (Å²) in [6.07, 6.45) is 50.3. The van der Waals surface area contributed by atoms with Gasteiger partial charge in [0, 0.05) is 6.15 Å². The molecule has 0 heterocycles. The van der Waals surface area contributed by atoms with Crippen LogP contribution in [0.2, 0.25) is 25.3 Å². The molecule has 65 heavy (non-hydrogen) atoms. The second-order valence-corrected chi connectivity index (χ2v) is 18.8. The van der Waals surface area contributed by atoms with E-state index in [-0.39, 0.29) is 6.15 Å². The van der Waals surface area contributed by atoms with Gasteiger partial charge in [-0.05, 0) is 6.42 Å². The predicted octanol–water partition coefficient (Wildman–Crippen LogP) is 19.2. The van der Waals surface area contributed by atoms with Gasteiger partial charge in [-0.1, -0.05) is 221 Å². The molecule has 12 heteroatoms. The first-order chi connectivity index (χ1) is 31.3. The number of halogens is 10. The molecule has 0 aliphatic carbocycles. The molecule has 0 aliphatic heterocycles. The average molecular weight is 942 g/mol. The molecule has 2 N–H and O–H groups in total. The van der Waals surface area contributed by atoms with Gasteiger partial charge >= 0.3 is 0 Å². The van der Waals surface area contributed by atoms with Gasteiger partial charge in [-0.2, -0.15) is 25.3 Å². The molecule has 2 aromatic rings. The van der Waals surface area contributed by atoms with E-state index in [0.29, 0.717) is 0 Å². The molecule has 0 radical (unpaired) electrons. The Morgan fingerprint density at radius 3 is 0.631 bits per heavy atom. The third-order valence-corrected chi connectivity index (χ3v) is 13.2. The lowest BCUT2D eigenvalue weighted by Crippen LogP contribution is -2.79. The number of hydrogen-bond donors (Lipinski definition) is 1. The molecule has 0 aromatic heterocycles. The van der Waals surface area contributed by atoms with Crippen molar-refractivity contribution in [2.24, 2.45) is 0 Å². The number of quaternary nitrogens is 1. The Morgan fingerprint density at radius 1 is 0.262 bits per heavy atom. The first kappa shape index (κ1) is 62.8. The SMILES string of the molecule is CCCCCCCCC[B-](CCCCCCCCC)(CCCCCCCCC)CCCCCCCCC.CCCC[NH2+]C.Fc1c(F)c(F)c(-c2c(F)c(F)c(F)c(F)c2F)c(F)c1F. The van der Waals surface area contributed by atoms with E-state index in [2.05, 4.69) is 47.0 Å². The van der Waals surface area contributed by atoms with Gasteiger partial charge in [0.25, 0.3) is 0 Å². The summed E-state index contributed by atoms with van der Waals surface area (Å²) in [7, 11) is 2.11. The lowest BCUT2D eigenvalue weighted by molar-refractivity contribution is -0.627. The molecule has 0 fully saturated rings. The smallest absolute Gasteiger partial charge is 0.200 e. The van der Waals surface area contributed by atoms with Crippen molar-refractivity contribution in [2.75, 3.05) is 13.6 Å². The van der Waals surface area contributed by atoms with Crippen LogP contribution in [0.4, 0.5) is 43.9 Å². The van der Waals surface area contributed by atoms with Gasteiger partial charge in [0.1, 0.15) is 0 Å². The van der Waals surface area contributed by atoms with Crippen LogP contribution in [-0.2, 0) is 0 Å². The average Bonchev–Trinajstić information content (AvgIpc) is 3.31. The standard InChI is InChI=1S/C36H76B.C12F10.C5H13N/c1-5-9-13-17-21-25-29-33-37(34-30-26-22-18-14-10-6-2,35-31-27-23-19-15-11-7-3)36-32-28-24-20-16-12-8-4;13-3-1(4(14)8(18)11(21)7(3)17)2-5(15)9(19)12(22)10(20)6(2)16;1-3-4-5-6-2/h5-36H2,1-4H3;;6H,3-5H2,1-2H3/q-1;;/p+1. The summed E-state index contributed by atoms with van der Waals surface area (Å²) >= 11 is 0. The van der Waals surface area contributed by atoms with Crippen LogP contribution in [0.25, 0.3) is 11.1 Å². The monoisotopic (exact) mass is 942 g/mol. The Balaban J connectivity index is 0.00000122. The Morgan fingerprint density at radius 2 is 0.446 bits per heavy atom. The van der Waals surface area contributed by atoms with Crippen molar-refractivity contribution < 1.29 is 49.2 Å². The minimum atomic E-state index is -2.68. The predicted molar refractivity (Wildman–Crippen MR) is 256 cm³/mol. The van der Waals surface area contributed by atoms with Crippen molar-refractivity contribution in [3.63, 3.8) is 0 Å². The number of rotatable bonds is 36. The summed E-state index contributed by atoms with van der Waals surface area (Å²) in [6.45, 7) is 12.9. The van der Waals surface area contributed by atoms with Crippen molar-refractivity contribution >= 4 is 6.15 Å². The van der Waals surface area contributed by atoms with Crippen molar-refractivity contribution in [2.45, 2.75) is 253 Å². The summed E-state index contributed by atoms with van der Waals surface area (Å²) < 4.78 is 131. The molecule has 2 aromatic carbocycles. The molecular weight excluding hydrogens is 851 g/mol. The van der Waals surface area contributed by atoms with E-state index in [1.165, 1.54) is 199 Å². The summed E-state index contributed by atoms with van der Waals surface area (Å²) in [5.41, 5.74) is -4.52. The zero-order valence-electron chi connectivity index (χ0n) is 41.7. The fourth-order valence-corrected chi connectivity index (χ4v) is 9.06. The Labute approximate surface area is 389 Å². The zero-order chi connectivity index (χ0) is 48.9. The Bertz CT molecular complexity index is 1280. The molecule has 0 unspecified atom stereocenters. The highest BCUT2D eigenvalue weighted by molar-refractivity contribution is 6.79. The van der Waals surface area contributed by atoms with E-state index in [4.69, 9.17) is 0 Å². The molecule has 0 spiro atoms. The first-order valence-electron chi connectivity index (χ1n) is 26.3. The van der Waals surface area contributed by atoms with Gasteiger partial charge in [0.15, 0.2) is 46.5 Å². The lowest BCUT2D eigenvalue weighted by Gasteiger charge is -2.41. The second-order valence-electron chi connectivity index (χ2n) is 18.8. The van der Waals surface area contributed by atoms with Crippen molar-refractivity contribution in [1.29, 1.82) is 0 Å². The zero-order valence-corrected chi connectivity index (χ0v) is 41.7. The van der Waals surface area contributed by atoms with Crippen LogP contribution in [0.1, 0.15) is 227 Å². The normalized spacial score (nSPS) is 11.4. The highest BCUT2D eigenvalue weighted by atomic mass is 19.2. The molecule has 2 rings (SSSR count). The van der Waals surface area contributed by atoms with Gasteiger partial charge in [-0.3, -0.25) is 0 Å². The van der Waals surface area contributed by atoms with E-state index in [1.807, 2.05) is 0 Å². The van der Waals surface area contributed by atoms with Crippen LogP contribution in [0.5, 0.6) is 0 Å². The molecular formula is C53H90BF10N. The first-order valence-corrected chi connectivity index (χ1v) is 26.3. The fraction of sp³-hybridized carbons (Fsp3) is 0.774. The molecule has 0 aliphatic rings. The largest absolute Gasteiger partial charge is 0.349 e. The minimum absolute atomic E-state index is 0.120. The summed E-state index contributed by atoms with van der Waals surface area (Å²) in [5, 5.41) is 2.21. The van der Waals surface area contributed by atoms with Crippen LogP contribution in [-0.4, -0.2) is 19.7 Å². The number of benzene rings is 2. The van der Waals surface area contributed by atoms with Crippen LogP contribution < -0.4 is 5.32 Å². The maximum absolute atomic E-state index is 13.4. The quantitative estimate of drug-likeness (QED) is 0.0230. The van der Waals surface area contributed by atoms with Gasteiger partial charge in [-0.15, -0.1) is 0 Å². The summed E-state index contributed by atoms with van der Waals surface area (Å²) in [5.74, 6) is -26.6. The van der Waals surface area contributed by atoms with E-state index in [0.717, 1.165) is 0 Å². The van der Waals surface area contributed by atoms with Gasteiger partial charge in [0.05, 0.1) is 24.7 Å². The van der Waals surface area contributed by atoms with Crippen molar-refractivity contribution in [3.05, 3.63) is 58.2 Å². The minimum Gasteiger partial charge on any atom is -0.349 e. The van der Waals surface area contributed by atoms with E-state index >= 15 is 0 Å². The molecule has 380 valence electrons. The molecule has 0 atom stereocenters. The maximum atomic E-state index is 13.4. The molecule has 0 bridgehead atoms. The maximum Gasteiger partial charge on any atom is 0.200 e. The van der Waals surface area contributed by atoms with E-state index in [1.54, 1.807) is 25.3 Å². The van der Waals surface area contributed by atoms with Gasteiger partial charge in [-0.25, -0.2) is 43.9 Å². The highest BCUT2D eigenvalue weighted by Gasteiger charge is 2.34. The highest BCUT2D eigenvalue weighted by Crippen LogP contribution is 2.38. The molecule has 0 saturated carbocycles.